The summed E-state index contributed by atoms with van der Waals surface area (Å²) in [6, 6.07) is 18.4. The van der Waals surface area contributed by atoms with Gasteiger partial charge >= 0.3 is 7.60 Å². The molecule has 9 heteroatoms. The van der Waals surface area contributed by atoms with Crippen LogP contribution in [0.15, 0.2) is 66.9 Å². The highest BCUT2D eigenvalue weighted by atomic mass is 31.2. The van der Waals surface area contributed by atoms with Crippen LogP contribution in [0, 0.1) is 5.82 Å². The quantitative estimate of drug-likeness (QED) is 0.266. The molecule has 1 saturated heterocycles. The zero-order valence-corrected chi connectivity index (χ0v) is 21.5. The lowest BCUT2D eigenvalue weighted by atomic mass is 9.90. The largest absolute Gasteiger partial charge is 0.381 e. The predicted octanol–water partition coefficient (Wildman–Crippen LogP) is 6.32. The van der Waals surface area contributed by atoms with Gasteiger partial charge in [-0.15, -0.1) is 0 Å². The number of rotatable bonds is 6. The van der Waals surface area contributed by atoms with Gasteiger partial charge in [0.2, 0.25) is 0 Å². The number of halogens is 1. The van der Waals surface area contributed by atoms with Gasteiger partial charge in [0.15, 0.2) is 0 Å². The maximum atomic E-state index is 13.9. The Kier molecular flexibility index (Phi) is 6.21. The number of nitrogens with one attached hydrogen (secondary N) is 1. The summed E-state index contributed by atoms with van der Waals surface area (Å²) < 4.78 is 45.2. The number of hydrogen-bond acceptors (Lipinski definition) is 5. The molecular formula is C28H27FN3O4P. The number of aromatic amines is 1. The molecule has 0 aliphatic carbocycles. The summed E-state index contributed by atoms with van der Waals surface area (Å²) in [6.45, 7) is 1.37. The van der Waals surface area contributed by atoms with Gasteiger partial charge in [-0.05, 0) is 66.9 Å². The fourth-order valence-corrected chi connectivity index (χ4v) is 6.45. The highest BCUT2D eigenvalue weighted by molar-refractivity contribution is 7.62. The second kappa shape index (κ2) is 9.54. The van der Waals surface area contributed by atoms with Crippen LogP contribution in [0.2, 0.25) is 0 Å². The molecule has 0 radical (unpaired) electrons. The lowest BCUT2D eigenvalue weighted by Crippen LogP contribution is -2.17. The summed E-state index contributed by atoms with van der Waals surface area (Å²) >= 11 is 0. The van der Waals surface area contributed by atoms with Crippen LogP contribution >= 0.6 is 7.60 Å². The molecule has 7 nitrogen and oxygen atoms in total. The topological polar surface area (TPSA) is 78.4 Å². The van der Waals surface area contributed by atoms with Gasteiger partial charge in [-0.2, -0.15) is 5.10 Å². The molecule has 1 fully saturated rings. The van der Waals surface area contributed by atoms with Crippen molar-refractivity contribution in [2.45, 2.75) is 18.8 Å². The van der Waals surface area contributed by atoms with E-state index >= 15 is 0 Å². The Bertz CT molecular complexity index is 1610. The van der Waals surface area contributed by atoms with Gasteiger partial charge < -0.3 is 18.4 Å². The molecule has 2 aromatic heterocycles. The Morgan fingerprint density at radius 2 is 1.73 bits per heavy atom. The van der Waals surface area contributed by atoms with Gasteiger partial charge in [0, 0.05) is 61.1 Å². The molecule has 6 rings (SSSR count). The van der Waals surface area contributed by atoms with E-state index in [-0.39, 0.29) is 11.7 Å². The minimum atomic E-state index is -3.37. The summed E-state index contributed by atoms with van der Waals surface area (Å²) in [6.07, 6.45) is 3.57. The average Bonchev–Trinajstić information content (AvgIpc) is 3.54. The minimum Gasteiger partial charge on any atom is -0.381 e. The SMILES string of the molecule is COP(=O)(OC)c1ccc(-c2c(C3CCOCC3)n(-c3ccc(F)cc3)c3cc4cn[nH]c4cc23)cc1. The van der Waals surface area contributed by atoms with E-state index in [0.717, 1.165) is 57.2 Å². The smallest absolute Gasteiger partial charge is 0.360 e. The minimum absolute atomic E-state index is 0.237. The molecule has 0 spiro atoms. The number of aromatic nitrogens is 3. The fraction of sp³-hybridized carbons (Fsp3) is 0.250. The van der Waals surface area contributed by atoms with Crippen molar-refractivity contribution in [2.24, 2.45) is 0 Å². The molecule has 0 saturated carbocycles. The van der Waals surface area contributed by atoms with Crippen LogP contribution in [-0.4, -0.2) is 42.2 Å². The first kappa shape index (κ1) is 24.1. The number of hydrogen-bond donors (Lipinski definition) is 1. The van der Waals surface area contributed by atoms with Crippen molar-refractivity contribution in [3.05, 3.63) is 78.4 Å². The normalized spacial score (nSPS) is 15.1. The zero-order chi connectivity index (χ0) is 25.6. The maximum Gasteiger partial charge on any atom is 0.360 e. The molecule has 0 atom stereocenters. The van der Waals surface area contributed by atoms with E-state index < -0.39 is 7.60 Å². The average molecular weight is 520 g/mol. The molecule has 37 heavy (non-hydrogen) atoms. The van der Waals surface area contributed by atoms with Crippen molar-refractivity contribution in [3.8, 4) is 16.8 Å². The first-order valence-corrected chi connectivity index (χ1v) is 13.7. The van der Waals surface area contributed by atoms with Crippen LogP contribution in [0.4, 0.5) is 4.39 Å². The van der Waals surface area contributed by atoms with Crippen LogP contribution < -0.4 is 5.30 Å². The van der Waals surface area contributed by atoms with Gasteiger partial charge in [0.05, 0.1) is 22.5 Å². The van der Waals surface area contributed by atoms with E-state index in [1.165, 1.54) is 26.4 Å². The number of ether oxygens (including phenoxy) is 1. The van der Waals surface area contributed by atoms with Crippen LogP contribution in [0.3, 0.4) is 0 Å². The molecule has 3 heterocycles. The van der Waals surface area contributed by atoms with E-state index in [1.807, 2.05) is 30.5 Å². The molecule has 0 amide bonds. The van der Waals surface area contributed by atoms with Crippen molar-refractivity contribution in [2.75, 3.05) is 27.4 Å². The molecule has 1 aliphatic heterocycles. The Morgan fingerprint density at radius 3 is 2.41 bits per heavy atom. The van der Waals surface area contributed by atoms with Gasteiger partial charge in [0.25, 0.3) is 0 Å². The van der Waals surface area contributed by atoms with E-state index in [2.05, 4.69) is 26.9 Å². The number of nitrogens with zero attached hydrogens (tertiary/aromatic N) is 2. The number of benzene rings is 3. The van der Waals surface area contributed by atoms with Crippen LogP contribution in [0.25, 0.3) is 38.6 Å². The third kappa shape index (κ3) is 4.10. The maximum absolute atomic E-state index is 13.9. The lowest BCUT2D eigenvalue weighted by molar-refractivity contribution is 0.0843. The summed E-state index contributed by atoms with van der Waals surface area (Å²) in [5.74, 6) is -0.0389. The Morgan fingerprint density at radius 1 is 1.03 bits per heavy atom. The molecule has 190 valence electrons. The fourth-order valence-electron chi connectivity index (χ4n) is 5.37. The Hall–Kier alpha value is -3.29. The summed E-state index contributed by atoms with van der Waals surface area (Å²) in [4.78, 5) is 0. The van der Waals surface area contributed by atoms with Crippen LogP contribution in [-0.2, 0) is 18.3 Å². The first-order valence-electron chi connectivity index (χ1n) is 12.2. The monoisotopic (exact) mass is 519 g/mol. The highest BCUT2D eigenvalue weighted by Crippen LogP contribution is 2.47. The summed E-state index contributed by atoms with van der Waals surface area (Å²) in [7, 11) is -0.609. The second-order valence-corrected chi connectivity index (χ2v) is 11.4. The predicted molar refractivity (Wildman–Crippen MR) is 142 cm³/mol. The van der Waals surface area contributed by atoms with Crippen molar-refractivity contribution in [1.29, 1.82) is 0 Å². The van der Waals surface area contributed by atoms with Gasteiger partial charge in [0.1, 0.15) is 5.82 Å². The van der Waals surface area contributed by atoms with E-state index in [9.17, 15) is 8.96 Å². The number of H-pyrrole nitrogens is 1. The first-order chi connectivity index (χ1) is 18.0. The Labute approximate surface area is 213 Å². The summed E-state index contributed by atoms with van der Waals surface area (Å²) in [5, 5.41) is 9.86. The third-order valence-corrected chi connectivity index (χ3v) is 9.10. The Balaban J connectivity index is 1.66. The van der Waals surface area contributed by atoms with Crippen LogP contribution in [0.1, 0.15) is 24.5 Å². The van der Waals surface area contributed by atoms with Gasteiger partial charge in [-0.25, -0.2) is 4.39 Å². The molecule has 0 bridgehead atoms. The summed E-state index contributed by atoms with van der Waals surface area (Å²) in [5.41, 5.74) is 6.05. The molecule has 1 N–H and O–H groups in total. The van der Waals surface area contributed by atoms with E-state index in [4.69, 9.17) is 13.8 Å². The van der Waals surface area contributed by atoms with Crippen molar-refractivity contribution >= 4 is 34.7 Å². The molecule has 3 aromatic carbocycles. The van der Waals surface area contributed by atoms with Crippen LogP contribution in [0.5, 0.6) is 0 Å². The van der Waals surface area contributed by atoms with Gasteiger partial charge in [-0.3, -0.25) is 9.66 Å². The second-order valence-electron chi connectivity index (χ2n) is 9.19. The van der Waals surface area contributed by atoms with Gasteiger partial charge in [-0.1, -0.05) is 12.1 Å². The van der Waals surface area contributed by atoms with Crippen molar-refractivity contribution in [3.63, 3.8) is 0 Å². The van der Waals surface area contributed by atoms with Crippen molar-refractivity contribution in [1.82, 2.24) is 14.8 Å². The lowest BCUT2D eigenvalue weighted by Gasteiger charge is -2.26. The van der Waals surface area contributed by atoms with E-state index in [0.29, 0.717) is 18.5 Å². The molecule has 5 aromatic rings. The highest BCUT2D eigenvalue weighted by Gasteiger charge is 2.29. The number of fused-ring (bicyclic) bond motifs is 2. The molecule has 1 aliphatic rings. The standard InChI is InChI=1S/C28H27FN3O4P/c1-34-37(33,35-2)23-9-3-18(4-10-23)27-24-16-25-20(17-30-31-25)15-26(24)32(22-7-5-21(29)6-8-22)28(27)19-11-13-36-14-12-19/h3-10,15-17,19H,11-14H2,1-2H3,(H,30,31). The third-order valence-electron chi connectivity index (χ3n) is 7.21. The molecule has 0 unspecified atom stereocenters. The van der Waals surface area contributed by atoms with E-state index in [1.54, 1.807) is 12.1 Å². The van der Waals surface area contributed by atoms with Crippen molar-refractivity contribution < 1.29 is 22.7 Å². The molecular weight excluding hydrogens is 492 g/mol. The zero-order valence-electron chi connectivity index (χ0n) is 20.6.